The Hall–Kier alpha value is -1.75. The molecule has 0 aliphatic carbocycles. The molecule has 0 aliphatic heterocycles. The summed E-state index contributed by atoms with van der Waals surface area (Å²) in [6.07, 6.45) is 0.634. The minimum absolute atomic E-state index is 0.0306. The molecule has 0 unspecified atom stereocenters. The van der Waals surface area contributed by atoms with Gasteiger partial charge in [0.15, 0.2) is 5.78 Å². The van der Waals surface area contributed by atoms with E-state index in [1.54, 1.807) is 17.5 Å². The summed E-state index contributed by atoms with van der Waals surface area (Å²) >= 11 is 1.44. The second-order valence-corrected chi connectivity index (χ2v) is 4.68. The van der Waals surface area contributed by atoms with Crippen molar-refractivity contribution in [2.24, 2.45) is 0 Å². The van der Waals surface area contributed by atoms with Crippen molar-refractivity contribution >= 4 is 17.1 Å². The lowest BCUT2D eigenvalue weighted by Gasteiger charge is -2.04. The molecular formula is C13H12FNO2S. The van der Waals surface area contributed by atoms with Crippen LogP contribution in [-0.2, 0) is 6.42 Å². The van der Waals surface area contributed by atoms with Crippen LogP contribution in [0.5, 0.6) is 5.75 Å². The van der Waals surface area contributed by atoms with Crippen LogP contribution in [0.2, 0.25) is 0 Å². The largest absolute Gasteiger partial charge is 0.493 e. The van der Waals surface area contributed by atoms with Gasteiger partial charge in [-0.2, -0.15) is 0 Å². The number of ether oxygens (including phenoxy) is 1. The van der Waals surface area contributed by atoms with Crippen molar-refractivity contribution < 1.29 is 13.9 Å². The van der Waals surface area contributed by atoms with E-state index in [2.05, 4.69) is 4.98 Å². The van der Waals surface area contributed by atoms with Gasteiger partial charge in [0.2, 0.25) is 0 Å². The second-order valence-electron chi connectivity index (χ2n) is 3.74. The Balaban J connectivity index is 1.84. The number of hydrogen-bond acceptors (Lipinski definition) is 4. The zero-order chi connectivity index (χ0) is 13.0. The first-order valence-corrected chi connectivity index (χ1v) is 6.37. The zero-order valence-corrected chi connectivity index (χ0v) is 10.7. The summed E-state index contributed by atoms with van der Waals surface area (Å²) in [7, 11) is 0. The molecule has 0 N–H and O–H groups in total. The monoisotopic (exact) mass is 265 g/mol. The van der Waals surface area contributed by atoms with Gasteiger partial charge < -0.3 is 4.74 Å². The molecule has 0 fully saturated rings. The predicted octanol–water partition coefficient (Wildman–Crippen LogP) is 3.11. The van der Waals surface area contributed by atoms with E-state index in [-0.39, 0.29) is 11.6 Å². The molecule has 2 aromatic rings. The fraction of sp³-hybridized carbons (Fsp3) is 0.231. The molecule has 0 bridgehead atoms. The molecule has 0 radical (unpaired) electrons. The fourth-order valence-corrected chi connectivity index (χ4v) is 2.19. The van der Waals surface area contributed by atoms with E-state index in [4.69, 9.17) is 4.74 Å². The molecule has 3 nitrogen and oxygen atoms in total. The molecule has 0 aliphatic rings. The molecule has 0 saturated carbocycles. The average Bonchev–Trinajstić information content (AvgIpc) is 2.81. The Morgan fingerprint density at radius 3 is 2.72 bits per heavy atom. The number of Topliss-reactive ketones (excluding diaryl/α,β-unsaturated/α-hetero) is 1. The van der Waals surface area contributed by atoms with Crippen LogP contribution in [0.3, 0.4) is 0 Å². The quantitative estimate of drug-likeness (QED) is 0.780. The number of aromatic nitrogens is 1. The van der Waals surface area contributed by atoms with Crippen LogP contribution in [0, 0.1) is 5.82 Å². The Morgan fingerprint density at radius 2 is 2.11 bits per heavy atom. The van der Waals surface area contributed by atoms with E-state index in [9.17, 15) is 9.18 Å². The number of thiazole rings is 1. The van der Waals surface area contributed by atoms with E-state index in [1.165, 1.54) is 30.4 Å². The van der Waals surface area contributed by atoms with Gasteiger partial charge in [0, 0.05) is 18.7 Å². The number of nitrogens with zero attached hydrogens (tertiary/aromatic N) is 1. The zero-order valence-electron chi connectivity index (χ0n) is 9.85. The second kappa shape index (κ2) is 5.73. The number of halogens is 1. The minimum Gasteiger partial charge on any atom is -0.493 e. The first kappa shape index (κ1) is 12.7. The first-order valence-electron chi connectivity index (χ1n) is 5.49. The minimum atomic E-state index is -0.284. The van der Waals surface area contributed by atoms with Gasteiger partial charge >= 0.3 is 0 Å². The molecule has 1 aromatic heterocycles. The van der Waals surface area contributed by atoms with Gasteiger partial charge in [-0.1, -0.05) is 0 Å². The smallest absolute Gasteiger partial charge is 0.178 e. The molecule has 0 atom stereocenters. The molecule has 0 saturated heterocycles. The maximum absolute atomic E-state index is 12.7. The van der Waals surface area contributed by atoms with Crippen molar-refractivity contribution in [3.63, 3.8) is 0 Å². The number of rotatable bonds is 5. The SMILES string of the molecule is CC(=O)c1csc(CCOc2ccc(F)cc2)n1. The van der Waals surface area contributed by atoms with Gasteiger partial charge in [0.05, 0.1) is 11.6 Å². The van der Waals surface area contributed by atoms with Gasteiger partial charge in [0.1, 0.15) is 17.3 Å². The van der Waals surface area contributed by atoms with Crippen LogP contribution in [0.4, 0.5) is 4.39 Å². The normalized spacial score (nSPS) is 10.3. The molecule has 1 aromatic carbocycles. The first-order chi connectivity index (χ1) is 8.65. The van der Waals surface area contributed by atoms with Crippen LogP contribution in [0.25, 0.3) is 0 Å². The highest BCUT2D eigenvalue weighted by Gasteiger charge is 2.05. The van der Waals surface area contributed by atoms with Crippen LogP contribution in [-0.4, -0.2) is 17.4 Å². The third-order valence-electron chi connectivity index (χ3n) is 2.31. The molecule has 5 heteroatoms. The maximum Gasteiger partial charge on any atom is 0.178 e. The Labute approximate surface area is 108 Å². The standard InChI is InChI=1S/C13H12FNO2S/c1-9(16)12-8-18-13(15-12)6-7-17-11-4-2-10(14)3-5-11/h2-5,8H,6-7H2,1H3. The van der Waals surface area contributed by atoms with E-state index >= 15 is 0 Å². The molecule has 0 spiro atoms. The van der Waals surface area contributed by atoms with Crippen LogP contribution in [0.1, 0.15) is 22.4 Å². The lowest BCUT2D eigenvalue weighted by atomic mass is 10.3. The van der Waals surface area contributed by atoms with E-state index in [0.29, 0.717) is 24.5 Å². The lowest BCUT2D eigenvalue weighted by Crippen LogP contribution is -2.01. The van der Waals surface area contributed by atoms with Crippen molar-refractivity contribution in [3.8, 4) is 5.75 Å². The summed E-state index contributed by atoms with van der Waals surface area (Å²) in [5.74, 6) is 0.310. The number of benzene rings is 1. The number of ketones is 1. The third-order valence-corrected chi connectivity index (χ3v) is 3.22. The molecule has 1 heterocycles. The summed E-state index contributed by atoms with van der Waals surface area (Å²) in [5.41, 5.74) is 0.497. The summed E-state index contributed by atoms with van der Waals surface area (Å²) in [6, 6.07) is 5.87. The molecular weight excluding hydrogens is 253 g/mol. The van der Waals surface area contributed by atoms with Crippen molar-refractivity contribution in [3.05, 3.63) is 46.2 Å². The highest BCUT2D eigenvalue weighted by atomic mass is 32.1. The van der Waals surface area contributed by atoms with Crippen LogP contribution in [0.15, 0.2) is 29.6 Å². The third kappa shape index (κ3) is 3.37. The van der Waals surface area contributed by atoms with Crippen LogP contribution < -0.4 is 4.74 Å². The van der Waals surface area contributed by atoms with Gasteiger partial charge in [-0.25, -0.2) is 9.37 Å². The Kier molecular flexibility index (Phi) is 4.04. The summed E-state index contributed by atoms with van der Waals surface area (Å²) in [4.78, 5) is 15.2. The van der Waals surface area contributed by atoms with Gasteiger partial charge in [-0.3, -0.25) is 4.79 Å². The van der Waals surface area contributed by atoms with E-state index in [0.717, 1.165) is 5.01 Å². The van der Waals surface area contributed by atoms with E-state index in [1.807, 2.05) is 0 Å². The van der Waals surface area contributed by atoms with Crippen molar-refractivity contribution in [2.75, 3.05) is 6.61 Å². The van der Waals surface area contributed by atoms with Crippen molar-refractivity contribution in [1.29, 1.82) is 0 Å². The van der Waals surface area contributed by atoms with Crippen molar-refractivity contribution in [1.82, 2.24) is 4.98 Å². The maximum atomic E-state index is 12.7. The average molecular weight is 265 g/mol. The van der Waals surface area contributed by atoms with Gasteiger partial charge in [-0.05, 0) is 24.3 Å². The van der Waals surface area contributed by atoms with Gasteiger partial charge in [-0.15, -0.1) is 11.3 Å². The topological polar surface area (TPSA) is 39.2 Å². The summed E-state index contributed by atoms with van der Waals surface area (Å²) in [5, 5.41) is 2.61. The van der Waals surface area contributed by atoms with E-state index < -0.39 is 0 Å². The number of carbonyl (C=O) groups is 1. The van der Waals surface area contributed by atoms with Crippen LogP contribution >= 0.6 is 11.3 Å². The highest BCUT2D eigenvalue weighted by Crippen LogP contribution is 2.14. The molecule has 2 rings (SSSR count). The number of carbonyl (C=O) groups excluding carboxylic acids is 1. The predicted molar refractivity (Wildman–Crippen MR) is 67.7 cm³/mol. The van der Waals surface area contributed by atoms with Crippen molar-refractivity contribution in [2.45, 2.75) is 13.3 Å². The summed E-state index contributed by atoms with van der Waals surface area (Å²) in [6.45, 7) is 1.95. The Morgan fingerprint density at radius 1 is 1.39 bits per heavy atom. The fourth-order valence-electron chi connectivity index (χ4n) is 1.37. The lowest BCUT2D eigenvalue weighted by molar-refractivity contribution is 0.101. The highest BCUT2D eigenvalue weighted by molar-refractivity contribution is 7.09. The summed E-state index contributed by atoms with van der Waals surface area (Å²) < 4.78 is 18.1. The van der Waals surface area contributed by atoms with Gasteiger partial charge in [0.25, 0.3) is 0 Å². The Bertz CT molecular complexity index is 536. The molecule has 18 heavy (non-hydrogen) atoms. The number of hydrogen-bond donors (Lipinski definition) is 0. The molecule has 0 amide bonds. The molecule has 94 valence electrons.